The molecule has 8 aliphatic carbocycles. The molecule has 12 unspecified atom stereocenters. The highest BCUT2D eigenvalue weighted by atomic mass is 14.7. The molecule has 0 heteroatoms. The summed E-state index contributed by atoms with van der Waals surface area (Å²) in [5.41, 5.74) is 6.72. The van der Waals surface area contributed by atoms with Gasteiger partial charge in [0.25, 0.3) is 0 Å². The third-order valence-corrected chi connectivity index (χ3v) is 12.0. The highest BCUT2D eigenvalue weighted by molar-refractivity contribution is 5.42. The molecule has 2 aromatic rings. The normalized spacial score (nSPS) is 49.0. The molecule has 2 aromatic carbocycles. The highest BCUT2D eigenvalue weighted by Crippen LogP contribution is 2.72. The largest absolute Gasteiger partial charge is 0.0848 e. The number of hydrogen-bond donors (Lipinski definition) is 0. The van der Waals surface area contributed by atoms with Crippen LogP contribution in [0, 0.1) is 59.2 Å². The van der Waals surface area contributed by atoms with Crippen LogP contribution in [0.25, 0.3) is 0 Å². The van der Waals surface area contributed by atoms with Gasteiger partial charge in [0, 0.05) is 0 Å². The average Bonchev–Trinajstić information content (AvgIpc) is 3.69. The van der Waals surface area contributed by atoms with Crippen molar-refractivity contribution in [3.8, 4) is 0 Å². The topological polar surface area (TPSA) is 0 Å². The Morgan fingerprint density at radius 3 is 1.82 bits per heavy atom. The van der Waals surface area contributed by atoms with Crippen molar-refractivity contribution in [1.82, 2.24) is 0 Å². The fourth-order valence-corrected chi connectivity index (χ4v) is 11.2. The van der Waals surface area contributed by atoms with Crippen LogP contribution < -0.4 is 0 Å². The minimum absolute atomic E-state index is 0.869. The van der Waals surface area contributed by atoms with E-state index in [4.69, 9.17) is 0 Å². The summed E-state index contributed by atoms with van der Waals surface area (Å²) < 4.78 is 0. The fourth-order valence-electron chi connectivity index (χ4n) is 11.2. The standard InChI is InChI=1S/C19H20.C14H14/c1-2-4-13-10(3-1)8-14-15-9-16(19(13)14)18-12-6-5-11(7-12)17(15)18;1-2-4-12-9(3-1)8-13-10-5-6-11(7-10)14(12)13/h1-6,11-12,14-19H,7-9H2;1-6,10-11,13-14H,7-8H2. The molecule has 4 saturated carbocycles. The van der Waals surface area contributed by atoms with E-state index in [1.54, 1.807) is 28.7 Å². The van der Waals surface area contributed by atoms with Crippen molar-refractivity contribution in [3.05, 3.63) is 95.1 Å². The molecule has 10 rings (SSSR count). The molecule has 0 saturated heterocycles. The summed E-state index contributed by atoms with van der Waals surface area (Å²) in [5, 5.41) is 0. The number of fused-ring (bicyclic) bond motifs is 21. The van der Waals surface area contributed by atoms with Crippen molar-refractivity contribution in [3.63, 3.8) is 0 Å². The molecule has 0 N–H and O–H groups in total. The zero-order valence-corrected chi connectivity index (χ0v) is 19.4. The van der Waals surface area contributed by atoms with Gasteiger partial charge in [-0.1, -0.05) is 72.8 Å². The predicted octanol–water partition coefficient (Wildman–Crippen LogP) is 7.18. The van der Waals surface area contributed by atoms with Gasteiger partial charge in [-0.15, -0.1) is 0 Å². The van der Waals surface area contributed by atoms with Gasteiger partial charge in [0.2, 0.25) is 0 Å². The van der Waals surface area contributed by atoms with Gasteiger partial charge in [-0.2, -0.15) is 0 Å². The van der Waals surface area contributed by atoms with E-state index in [0.717, 1.165) is 71.0 Å². The molecule has 0 amide bonds. The molecule has 0 heterocycles. The summed E-state index contributed by atoms with van der Waals surface area (Å²) in [7, 11) is 0. The van der Waals surface area contributed by atoms with Crippen molar-refractivity contribution in [2.24, 2.45) is 59.2 Å². The second-order valence-corrected chi connectivity index (χ2v) is 12.8. The molecule has 4 fully saturated rings. The number of benzene rings is 2. The summed E-state index contributed by atoms with van der Waals surface area (Å²) in [4.78, 5) is 0. The average molecular weight is 431 g/mol. The van der Waals surface area contributed by atoms with E-state index in [0.29, 0.717) is 0 Å². The van der Waals surface area contributed by atoms with Crippen molar-refractivity contribution < 1.29 is 0 Å². The maximum Gasteiger partial charge on any atom is -0.00589 e. The minimum Gasteiger partial charge on any atom is -0.0848 e. The van der Waals surface area contributed by atoms with Gasteiger partial charge in [0.1, 0.15) is 0 Å². The Hall–Kier alpha value is -2.08. The van der Waals surface area contributed by atoms with Gasteiger partial charge >= 0.3 is 0 Å². The zero-order chi connectivity index (χ0) is 21.3. The molecule has 0 aliphatic heterocycles. The van der Waals surface area contributed by atoms with Crippen LogP contribution in [0.2, 0.25) is 0 Å². The van der Waals surface area contributed by atoms with Crippen LogP contribution in [0.4, 0.5) is 0 Å². The van der Waals surface area contributed by atoms with Crippen LogP contribution in [0.1, 0.15) is 53.4 Å². The van der Waals surface area contributed by atoms with Crippen LogP contribution >= 0.6 is 0 Å². The molecule has 12 atom stereocenters. The Kier molecular flexibility index (Phi) is 3.50. The van der Waals surface area contributed by atoms with Gasteiger partial charge in [-0.25, -0.2) is 0 Å². The molecule has 33 heavy (non-hydrogen) atoms. The molecule has 0 aromatic heterocycles. The van der Waals surface area contributed by atoms with Crippen LogP contribution in [0.3, 0.4) is 0 Å². The van der Waals surface area contributed by atoms with Crippen LogP contribution in [-0.2, 0) is 12.8 Å². The number of allylic oxidation sites excluding steroid dienone is 4. The van der Waals surface area contributed by atoms with Gasteiger partial charge in [-0.05, 0) is 125 Å². The van der Waals surface area contributed by atoms with E-state index in [-0.39, 0.29) is 0 Å². The number of rotatable bonds is 0. The molecular weight excluding hydrogens is 396 g/mol. The highest BCUT2D eigenvalue weighted by Gasteiger charge is 2.65. The SMILES string of the molecule is C1=CC2CC1C1C3CC(C4c5ccccc5CC34)C21.C1=CC2CC1C1Cc3ccccc3C21. The lowest BCUT2D eigenvalue weighted by molar-refractivity contribution is 0.136. The summed E-state index contributed by atoms with van der Waals surface area (Å²) >= 11 is 0. The van der Waals surface area contributed by atoms with E-state index >= 15 is 0 Å². The predicted molar refractivity (Wildman–Crippen MR) is 133 cm³/mol. The van der Waals surface area contributed by atoms with Crippen LogP contribution in [-0.4, -0.2) is 0 Å². The fraction of sp³-hybridized carbons (Fsp3) is 0.515. The summed E-state index contributed by atoms with van der Waals surface area (Å²) in [5.74, 6) is 11.7. The van der Waals surface area contributed by atoms with Gasteiger partial charge in [0.15, 0.2) is 0 Å². The third kappa shape index (κ3) is 2.25. The maximum absolute atomic E-state index is 2.57. The first kappa shape index (κ1) is 18.3. The Balaban J connectivity index is 0.000000107. The van der Waals surface area contributed by atoms with Gasteiger partial charge in [-0.3, -0.25) is 0 Å². The second kappa shape index (κ2) is 6.32. The second-order valence-electron chi connectivity index (χ2n) is 12.8. The van der Waals surface area contributed by atoms with E-state index < -0.39 is 0 Å². The first-order valence-corrected chi connectivity index (χ1v) is 13.9. The summed E-state index contributed by atoms with van der Waals surface area (Å²) in [6.45, 7) is 0. The van der Waals surface area contributed by atoms with Crippen LogP contribution in [0.15, 0.2) is 72.8 Å². The first-order valence-electron chi connectivity index (χ1n) is 13.9. The molecule has 6 bridgehead atoms. The van der Waals surface area contributed by atoms with E-state index in [9.17, 15) is 0 Å². The van der Waals surface area contributed by atoms with Gasteiger partial charge in [0.05, 0.1) is 0 Å². The number of hydrogen-bond acceptors (Lipinski definition) is 0. The Morgan fingerprint density at radius 1 is 0.455 bits per heavy atom. The molecule has 0 radical (unpaired) electrons. The van der Waals surface area contributed by atoms with Gasteiger partial charge < -0.3 is 0 Å². The smallest absolute Gasteiger partial charge is 0.00589 e. The monoisotopic (exact) mass is 430 g/mol. The Morgan fingerprint density at radius 2 is 1.03 bits per heavy atom. The lowest BCUT2D eigenvalue weighted by Crippen LogP contribution is -2.34. The molecular formula is C33H34. The van der Waals surface area contributed by atoms with Crippen molar-refractivity contribution >= 4 is 0 Å². The molecule has 0 spiro atoms. The molecule has 8 aliphatic rings. The Bertz CT molecular complexity index is 1200. The van der Waals surface area contributed by atoms with E-state index in [1.807, 2.05) is 0 Å². The van der Waals surface area contributed by atoms with Crippen molar-refractivity contribution in [1.29, 1.82) is 0 Å². The maximum atomic E-state index is 2.57. The molecule has 166 valence electrons. The summed E-state index contributed by atoms with van der Waals surface area (Å²) in [6, 6.07) is 18.4. The third-order valence-electron chi connectivity index (χ3n) is 12.0. The Labute approximate surface area is 198 Å². The van der Waals surface area contributed by atoms with Crippen molar-refractivity contribution in [2.45, 2.75) is 43.9 Å². The summed E-state index contributed by atoms with van der Waals surface area (Å²) in [6.07, 6.45) is 17.3. The van der Waals surface area contributed by atoms with Crippen molar-refractivity contribution in [2.75, 3.05) is 0 Å². The zero-order valence-electron chi connectivity index (χ0n) is 19.4. The minimum atomic E-state index is 0.869. The first-order chi connectivity index (χ1) is 16.3. The lowest BCUT2D eigenvalue weighted by Gasteiger charge is -2.39. The van der Waals surface area contributed by atoms with E-state index in [2.05, 4.69) is 72.8 Å². The van der Waals surface area contributed by atoms with Crippen LogP contribution in [0.5, 0.6) is 0 Å². The molecule has 0 nitrogen and oxygen atoms in total. The quantitative estimate of drug-likeness (QED) is 0.307. The van der Waals surface area contributed by atoms with E-state index in [1.165, 1.54) is 25.7 Å². The lowest BCUT2D eigenvalue weighted by atomic mass is 9.65.